The largest absolute Gasteiger partial charge is 0.353 e. The first-order chi connectivity index (χ1) is 7.99. The zero-order chi connectivity index (χ0) is 13.3. The second-order valence-corrected chi connectivity index (χ2v) is 4.52. The highest BCUT2D eigenvalue weighted by molar-refractivity contribution is 5.96. The molecule has 1 unspecified atom stereocenters. The van der Waals surface area contributed by atoms with Crippen LogP contribution in [0.1, 0.15) is 47.0 Å². The molecule has 0 aliphatic heterocycles. The minimum absolute atomic E-state index is 0.000382. The summed E-state index contributed by atoms with van der Waals surface area (Å²) in [7, 11) is 0. The second-order valence-electron chi connectivity index (χ2n) is 4.52. The molecule has 1 N–H and O–H groups in total. The molecule has 0 aliphatic rings. The van der Waals surface area contributed by atoms with Gasteiger partial charge in [-0.3, -0.25) is 9.59 Å². The van der Waals surface area contributed by atoms with Crippen LogP contribution in [-0.4, -0.2) is 42.3 Å². The van der Waals surface area contributed by atoms with Crippen molar-refractivity contribution in [3.63, 3.8) is 0 Å². The molecule has 100 valence electrons. The van der Waals surface area contributed by atoms with Crippen LogP contribution in [0.3, 0.4) is 0 Å². The molecule has 0 aromatic carbocycles. The van der Waals surface area contributed by atoms with Crippen LogP contribution in [0.25, 0.3) is 0 Å². The topological polar surface area (TPSA) is 49.4 Å². The van der Waals surface area contributed by atoms with E-state index in [1.165, 1.54) is 6.92 Å². The molecule has 0 aromatic rings. The molecule has 0 fully saturated rings. The lowest BCUT2D eigenvalue weighted by Gasteiger charge is -2.19. The summed E-state index contributed by atoms with van der Waals surface area (Å²) in [5.74, 6) is -0.245. The van der Waals surface area contributed by atoms with Crippen LogP contribution in [-0.2, 0) is 9.59 Å². The van der Waals surface area contributed by atoms with Crippen LogP contribution >= 0.6 is 0 Å². The third-order valence-corrected chi connectivity index (χ3v) is 2.82. The molecule has 1 atom stereocenters. The monoisotopic (exact) mass is 242 g/mol. The Balaban J connectivity index is 3.68. The van der Waals surface area contributed by atoms with E-state index in [-0.39, 0.29) is 24.2 Å². The van der Waals surface area contributed by atoms with Crippen molar-refractivity contribution in [1.29, 1.82) is 0 Å². The number of carbonyl (C=O) groups is 2. The summed E-state index contributed by atoms with van der Waals surface area (Å²) >= 11 is 0. The molecule has 0 radical (unpaired) electrons. The van der Waals surface area contributed by atoms with Crippen LogP contribution in [0.15, 0.2) is 0 Å². The minimum Gasteiger partial charge on any atom is -0.353 e. The van der Waals surface area contributed by atoms with Gasteiger partial charge in [-0.2, -0.15) is 0 Å². The quantitative estimate of drug-likeness (QED) is 0.625. The SMILES string of the molecule is CCN(CC)CCCC(C)NC(=O)CC(C)=O. The predicted molar refractivity (Wildman–Crippen MR) is 69.9 cm³/mol. The maximum Gasteiger partial charge on any atom is 0.227 e. The van der Waals surface area contributed by atoms with Gasteiger partial charge in [0.25, 0.3) is 0 Å². The van der Waals surface area contributed by atoms with Gasteiger partial charge in [0.1, 0.15) is 5.78 Å². The zero-order valence-corrected chi connectivity index (χ0v) is 11.6. The van der Waals surface area contributed by atoms with Gasteiger partial charge in [0.05, 0.1) is 6.42 Å². The van der Waals surface area contributed by atoms with E-state index in [4.69, 9.17) is 0 Å². The van der Waals surface area contributed by atoms with Crippen molar-refractivity contribution in [2.75, 3.05) is 19.6 Å². The Hall–Kier alpha value is -0.900. The number of hydrogen-bond acceptors (Lipinski definition) is 3. The van der Waals surface area contributed by atoms with Crippen molar-refractivity contribution in [3.05, 3.63) is 0 Å². The number of ketones is 1. The fraction of sp³-hybridized carbons (Fsp3) is 0.846. The van der Waals surface area contributed by atoms with Crippen molar-refractivity contribution >= 4 is 11.7 Å². The first-order valence-electron chi connectivity index (χ1n) is 6.50. The normalized spacial score (nSPS) is 12.5. The van der Waals surface area contributed by atoms with Crippen LogP contribution < -0.4 is 5.32 Å². The second kappa shape index (κ2) is 9.16. The Labute approximate surface area is 105 Å². The van der Waals surface area contributed by atoms with Gasteiger partial charge in [0, 0.05) is 6.04 Å². The molecule has 17 heavy (non-hydrogen) atoms. The fourth-order valence-electron chi connectivity index (χ4n) is 1.79. The van der Waals surface area contributed by atoms with E-state index >= 15 is 0 Å². The van der Waals surface area contributed by atoms with Crippen LogP contribution in [0.2, 0.25) is 0 Å². The van der Waals surface area contributed by atoms with Crippen LogP contribution in [0.5, 0.6) is 0 Å². The number of nitrogens with zero attached hydrogens (tertiary/aromatic N) is 1. The molecule has 0 aromatic heterocycles. The van der Waals surface area contributed by atoms with Gasteiger partial charge in [0.15, 0.2) is 0 Å². The highest BCUT2D eigenvalue weighted by atomic mass is 16.2. The number of carbonyl (C=O) groups excluding carboxylic acids is 2. The molecule has 0 aliphatic carbocycles. The van der Waals surface area contributed by atoms with Gasteiger partial charge in [0.2, 0.25) is 5.91 Å². The minimum atomic E-state index is -0.159. The number of Topliss-reactive ketones (excluding diaryl/α,β-unsaturated/α-hetero) is 1. The molecule has 0 bridgehead atoms. The Morgan fingerprint density at radius 1 is 1.24 bits per heavy atom. The van der Waals surface area contributed by atoms with E-state index in [9.17, 15) is 9.59 Å². The van der Waals surface area contributed by atoms with Crippen molar-refractivity contribution in [1.82, 2.24) is 10.2 Å². The molecule has 1 amide bonds. The summed E-state index contributed by atoms with van der Waals surface area (Å²) in [6, 6.07) is 0.150. The summed E-state index contributed by atoms with van der Waals surface area (Å²) in [4.78, 5) is 24.4. The third kappa shape index (κ3) is 8.86. The van der Waals surface area contributed by atoms with Crippen molar-refractivity contribution < 1.29 is 9.59 Å². The molecule has 0 saturated heterocycles. The first kappa shape index (κ1) is 16.1. The summed E-state index contributed by atoms with van der Waals surface area (Å²) in [6.45, 7) is 10.9. The Kier molecular flexibility index (Phi) is 8.68. The highest BCUT2D eigenvalue weighted by Crippen LogP contribution is 2.00. The summed E-state index contributed by atoms with van der Waals surface area (Å²) in [6.07, 6.45) is 2.03. The molecule has 0 spiro atoms. The summed E-state index contributed by atoms with van der Waals surface area (Å²) < 4.78 is 0. The molecule has 0 saturated carbocycles. The average Bonchev–Trinajstić information content (AvgIpc) is 2.23. The van der Waals surface area contributed by atoms with Crippen LogP contribution in [0, 0.1) is 0 Å². The van der Waals surface area contributed by atoms with Crippen molar-refractivity contribution in [2.24, 2.45) is 0 Å². The number of hydrogen-bond donors (Lipinski definition) is 1. The van der Waals surface area contributed by atoms with E-state index < -0.39 is 0 Å². The van der Waals surface area contributed by atoms with Gasteiger partial charge in [-0.05, 0) is 46.3 Å². The lowest BCUT2D eigenvalue weighted by molar-refractivity contribution is -0.127. The highest BCUT2D eigenvalue weighted by Gasteiger charge is 2.09. The summed E-state index contributed by atoms with van der Waals surface area (Å²) in [5.41, 5.74) is 0. The van der Waals surface area contributed by atoms with E-state index in [2.05, 4.69) is 24.1 Å². The van der Waals surface area contributed by atoms with Gasteiger partial charge >= 0.3 is 0 Å². The molecular formula is C13H26N2O2. The Bertz CT molecular complexity index is 238. The fourth-order valence-corrected chi connectivity index (χ4v) is 1.79. The third-order valence-electron chi connectivity index (χ3n) is 2.82. The van der Waals surface area contributed by atoms with E-state index in [0.29, 0.717) is 0 Å². The number of nitrogens with one attached hydrogen (secondary N) is 1. The molecule has 4 heteroatoms. The number of amides is 1. The van der Waals surface area contributed by atoms with Gasteiger partial charge < -0.3 is 10.2 Å². The maximum atomic E-state index is 11.3. The van der Waals surface area contributed by atoms with E-state index in [1.807, 2.05) is 6.92 Å². The van der Waals surface area contributed by atoms with Gasteiger partial charge in [-0.25, -0.2) is 0 Å². The Morgan fingerprint density at radius 3 is 2.29 bits per heavy atom. The maximum absolute atomic E-state index is 11.3. The van der Waals surface area contributed by atoms with Gasteiger partial charge in [-0.15, -0.1) is 0 Å². The number of rotatable bonds is 9. The molecule has 0 heterocycles. The van der Waals surface area contributed by atoms with Crippen LogP contribution in [0.4, 0.5) is 0 Å². The molecule has 4 nitrogen and oxygen atoms in total. The molecule has 0 rings (SSSR count). The van der Waals surface area contributed by atoms with Gasteiger partial charge in [-0.1, -0.05) is 13.8 Å². The van der Waals surface area contributed by atoms with E-state index in [0.717, 1.165) is 32.5 Å². The Morgan fingerprint density at radius 2 is 1.82 bits per heavy atom. The molecular weight excluding hydrogens is 216 g/mol. The smallest absolute Gasteiger partial charge is 0.227 e. The van der Waals surface area contributed by atoms with Crippen molar-refractivity contribution in [3.8, 4) is 0 Å². The van der Waals surface area contributed by atoms with Crippen molar-refractivity contribution in [2.45, 2.75) is 53.0 Å². The standard InChI is InChI=1S/C13H26N2O2/c1-5-15(6-2)9-7-8-11(3)14-13(17)10-12(4)16/h11H,5-10H2,1-4H3,(H,14,17). The lowest BCUT2D eigenvalue weighted by atomic mass is 10.1. The lowest BCUT2D eigenvalue weighted by Crippen LogP contribution is -2.34. The zero-order valence-electron chi connectivity index (χ0n) is 11.6. The van der Waals surface area contributed by atoms with E-state index in [1.54, 1.807) is 0 Å². The summed E-state index contributed by atoms with van der Waals surface area (Å²) in [5, 5.41) is 2.84. The predicted octanol–water partition coefficient (Wildman–Crippen LogP) is 1.59. The first-order valence-corrected chi connectivity index (χ1v) is 6.50. The average molecular weight is 242 g/mol.